The molecule has 2 amide bonds. The van der Waals surface area contributed by atoms with Crippen molar-refractivity contribution in [3.63, 3.8) is 0 Å². The minimum absolute atomic E-state index is 0.0790. The summed E-state index contributed by atoms with van der Waals surface area (Å²) in [6.07, 6.45) is 5.25. The molecular formula is C18H23BrN2O2. The van der Waals surface area contributed by atoms with Crippen LogP contribution in [0.2, 0.25) is 0 Å². The number of rotatable bonds is 5. The number of carbonyl (C=O) groups excluding carboxylic acids is 2. The first kappa shape index (κ1) is 17.7. The smallest absolute Gasteiger partial charge is 0.228 e. The molecule has 4 nitrogen and oxygen atoms in total. The Balaban J connectivity index is 2.11. The molecule has 0 fully saturated rings. The molecule has 0 spiro atoms. The molecule has 1 aromatic rings. The first-order chi connectivity index (χ1) is 11.1. The van der Waals surface area contributed by atoms with Gasteiger partial charge in [0.2, 0.25) is 11.8 Å². The van der Waals surface area contributed by atoms with Crippen LogP contribution in [-0.4, -0.2) is 29.8 Å². The molecule has 0 saturated heterocycles. The topological polar surface area (TPSA) is 49.4 Å². The molecule has 0 aromatic heterocycles. The summed E-state index contributed by atoms with van der Waals surface area (Å²) in [6, 6.07) is 7.47. The molecule has 1 N–H and O–H groups in total. The van der Waals surface area contributed by atoms with E-state index < -0.39 is 0 Å². The second kappa shape index (κ2) is 8.29. The number of nitrogens with zero attached hydrogens (tertiary/aromatic N) is 1. The van der Waals surface area contributed by atoms with E-state index in [2.05, 4.69) is 21.2 Å². The van der Waals surface area contributed by atoms with E-state index in [1.54, 1.807) is 0 Å². The van der Waals surface area contributed by atoms with Crippen molar-refractivity contribution >= 4 is 33.4 Å². The van der Waals surface area contributed by atoms with Gasteiger partial charge >= 0.3 is 0 Å². The fraction of sp³-hybridized carbons (Fsp3) is 0.444. The van der Waals surface area contributed by atoms with Gasteiger partial charge in [0.25, 0.3) is 0 Å². The molecule has 0 saturated carbocycles. The molecule has 0 radical (unpaired) electrons. The van der Waals surface area contributed by atoms with Gasteiger partial charge in [0, 0.05) is 23.2 Å². The molecule has 23 heavy (non-hydrogen) atoms. The molecule has 1 aromatic carbocycles. The lowest BCUT2D eigenvalue weighted by molar-refractivity contribution is -0.140. The Hall–Kier alpha value is -1.62. The zero-order valence-corrected chi connectivity index (χ0v) is 15.2. The highest BCUT2D eigenvalue weighted by Gasteiger charge is 2.35. The third-order valence-electron chi connectivity index (χ3n) is 4.27. The lowest BCUT2D eigenvalue weighted by Crippen LogP contribution is -2.43. The number of anilines is 1. The average Bonchev–Trinajstić information content (AvgIpc) is 2.58. The van der Waals surface area contributed by atoms with Crippen molar-refractivity contribution < 1.29 is 9.59 Å². The molecule has 2 atom stereocenters. The van der Waals surface area contributed by atoms with Gasteiger partial charge in [-0.15, -0.1) is 0 Å². The quantitative estimate of drug-likeness (QED) is 0.791. The Labute approximate surface area is 146 Å². The van der Waals surface area contributed by atoms with E-state index in [1.807, 2.05) is 55.2 Å². The van der Waals surface area contributed by atoms with E-state index in [4.69, 9.17) is 0 Å². The molecule has 124 valence electrons. The van der Waals surface area contributed by atoms with Crippen molar-refractivity contribution in [2.24, 2.45) is 11.8 Å². The highest BCUT2D eigenvalue weighted by atomic mass is 79.9. The summed E-state index contributed by atoms with van der Waals surface area (Å²) in [5, 5.41) is 2.93. The molecule has 0 bridgehead atoms. The lowest BCUT2D eigenvalue weighted by Gasteiger charge is -2.31. The highest BCUT2D eigenvalue weighted by molar-refractivity contribution is 9.10. The van der Waals surface area contributed by atoms with E-state index in [0.29, 0.717) is 25.9 Å². The number of hydrogen-bond acceptors (Lipinski definition) is 2. The van der Waals surface area contributed by atoms with Gasteiger partial charge in [-0.25, -0.2) is 0 Å². The maximum atomic E-state index is 12.7. The van der Waals surface area contributed by atoms with E-state index in [0.717, 1.165) is 10.2 Å². The Kier molecular flexibility index (Phi) is 6.39. The predicted octanol–water partition coefficient (Wildman–Crippen LogP) is 3.84. The fourth-order valence-corrected chi connectivity index (χ4v) is 3.18. The summed E-state index contributed by atoms with van der Waals surface area (Å²) in [5.74, 6) is -0.579. The van der Waals surface area contributed by atoms with Gasteiger partial charge in [-0.2, -0.15) is 0 Å². The Morgan fingerprint density at radius 3 is 2.22 bits per heavy atom. The van der Waals surface area contributed by atoms with Crippen LogP contribution in [0.5, 0.6) is 0 Å². The highest BCUT2D eigenvalue weighted by Crippen LogP contribution is 2.29. The monoisotopic (exact) mass is 378 g/mol. The van der Waals surface area contributed by atoms with Crippen molar-refractivity contribution in [2.45, 2.75) is 26.7 Å². The second-order valence-corrected chi connectivity index (χ2v) is 6.58. The van der Waals surface area contributed by atoms with E-state index >= 15 is 0 Å². The van der Waals surface area contributed by atoms with Crippen LogP contribution in [0.4, 0.5) is 5.69 Å². The summed E-state index contributed by atoms with van der Waals surface area (Å²) in [5.41, 5.74) is 0.752. The van der Waals surface area contributed by atoms with Crippen molar-refractivity contribution in [3.8, 4) is 0 Å². The predicted molar refractivity (Wildman–Crippen MR) is 96.1 cm³/mol. The van der Waals surface area contributed by atoms with Crippen molar-refractivity contribution in [2.75, 3.05) is 18.4 Å². The van der Waals surface area contributed by atoms with Crippen LogP contribution in [0, 0.1) is 11.8 Å². The van der Waals surface area contributed by atoms with Crippen LogP contribution in [-0.2, 0) is 9.59 Å². The molecule has 1 aliphatic carbocycles. The molecule has 1 aliphatic rings. The number of hydrogen-bond donors (Lipinski definition) is 1. The largest absolute Gasteiger partial charge is 0.343 e. The Morgan fingerprint density at radius 1 is 1.09 bits per heavy atom. The van der Waals surface area contributed by atoms with Gasteiger partial charge in [-0.3, -0.25) is 9.59 Å². The minimum Gasteiger partial charge on any atom is -0.343 e. The zero-order valence-electron chi connectivity index (χ0n) is 13.6. The van der Waals surface area contributed by atoms with Crippen molar-refractivity contribution in [1.82, 2.24) is 4.90 Å². The van der Waals surface area contributed by atoms with E-state index in [1.165, 1.54) is 0 Å². The zero-order chi connectivity index (χ0) is 16.8. The van der Waals surface area contributed by atoms with Gasteiger partial charge in [-0.05, 0) is 51.0 Å². The van der Waals surface area contributed by atoms with Gasteiger partial charge in [0.15, 0.2) is 0 Å². The molecule has 2 rings (SSSR count). The fourth-order valence-electron chi connectivity index (χ4n) is 2.91. The van der Waals surface area contributed by atoms with E-state index in [-0.39, 0.29) is 23.7 Å². The Bertz CT molecular complexity index is 579. The van der Waals surface area contributed by atoms with Crippen LogP contribution >= 0.6 is 15.9 Å². The summed E-state index contributed by atoms with van der Waals surface area (Å²) in [7, 11) is 0. The number of nitrogens with one attached hydrogen (secondary N) is 1. The third kappa shape index (κ3) is 4.44. The van der Waals surface area contributed by atoms with Crippen LogP contribution < -0.4 is 5.32 Å². The summed E-state index contributed by atoms with van der Waals surface area (Å²) < 4.78 is 0.964. The first-order valence-electron chi connectivity index (χ1n) is 8.07. The lowest BCUT2D eigenvalue weighted by atomic mass is 9.81. The molecule has 2 unspecified atom stereocenters. The van der Waals surface area contributed by atoms with Crippen LogP contribution in [0.1, 0.15) is 26.7 Å². The minimum atomic E-state index is -0.309. The van der Waals surface area contributed by atoms with Crippen molar-refractivity contribution in [1.29, 1.82) is 0 Å². The number of carbonyl (C=O) groups is 2. The average molecular weight is 379 g/mol. The van der Waals surface area contributed by atoms with E-state index in [9.17, 15) is 9.59 Å². The first-order valence-corrected chi connectivity index (χ1v) is 8.86. The number of halogens is 1. The standard InChI is InChI=1S/C18H23BrN2O2/c1-3-21(4-2)18(23)16-8-6-5-7-15(16)17(22)20-14-11-9-13(19)10-12-14/h5-6,9-12,15-16H,3-4,7-8H2,1-2H3,(H,20,22). The van der Waals surface area contributed by atoms with Crippen LogP contribution in [0.3, 0.4) is 0 Å². The van der Waals surface area contributed by atoms with Gasteiger partial charge < -0.3 is 10.2 Å². The summed E-state index contributed by atoms with van der Waals surface area (Å²) in [6.45, 7) is 5.29. The maximum absolute atomic E-state index is 12.7. The van der Waals surface area contributed by atoms with Crippen LogP contribution in [0.15, 0.2) is 40.9 Å². The third-order valence-corrected chi connectivity index (χ3v) is 4.80. The number of allylic oxidation sites excluding steroid dienone is 2. The normalized spacial score (nSPS) is 20.1. The van der Waals surface area contributed by atoms with Crippen LogP contribution in [0.25, 0.3) is 0 Å². The second-order valence-electron chi connectivity index (χ2n) is 5.66. The number of amides is 2. The van der Waals surface area contributed by atoms with Gasteiger partial charge in [0.1, 0.15) is 0 Å². The summed E-state index contributed by atoms with van der Waals surface area (Å²) >= 11 is 3.38. The Morgan fingerprint density at radius 2 is 1.65 bits per heavy atom. The van der Waals surface area contributed by atoms with Gasteiger partial charge in [0.05, 0.1) is 11.8 Å². The molecule has 0 aliphatic heterocycles. The summed E-state index contributed by atoms with van der Waals surface area (Å²) in [4.78, 5) is 27.1. The van der Waals surface area contributed by atoms with Gasteiger partial charge in [-0.1, -0.05) is 28.1 Å². The maximum Gasteiger partial charge on any atom is 0.228 e. The molecular weight excluding hydrogens is 356 g/mol. The van der Waals surface area contributed by atoms with Crippen molar-refractivity contribution in [3.05, 3.63) is 40.9 Å². The molecule has 5 heteroatoms. The number of benzene rings is 1. The molecule has 0 heterocycles. The SMILES string of the molecule is CCN(CC)C(=O)C1CC=CCC1C(=O)Nc1ccc(Br)cc1.